The van der Waals surface area contributed by atoms with Crippen LogP contribution in [0.25, 0.3) is 0 Å². The van der Waals surface area contributed by atoms with Crippen molar-refractivity contribution in [2.75, 3.05) is 0 Å². The Morgan fingerprint density at radius 2 is 2.05 bits per heavy atom. The van der Waals surface area contributed by atoms with E-state index in [-0.39, 0.29) is 17.9 Å². The van der Waals surface area contributed by atoms with Gasteiger partial charge < -0.3 is 10.5 Å². The van der Waals surface area contributed by atoms with E-state index in [0.29, 0.717) is 0 Å². The number of halogens is 3. The normalized spacial score (nSPS) is 11.3. The number of thiophene rings is 1. The number of alkyl halides is 3. The average Bonchev–Trinajstić information content (AvgIpc) is 2.88. The molecular formula is C13H11F3N2OS. The Morgan fingerprint density at radius 1 is 1.30 bits per heavy atom. The Kier molecular flexibility index (Phi) is 3.99. The summed E-state index contributed by atoms with van der Waals surface area (Å²) in [5.41, 5.74) is 4.40. The maximum Gasteiger partial charge on any atom is 0.416 e. The highest BCUT2D eigenvalue weighted by Gasteiger charge is 2.31. The van der Waals surface area contributed by atoms with Crippen LogP contribution in [0.1, 0.15) is 16.0 Å². The summed E-state index contributed by atoms with van der Waals surface area (Å²) in [5, 5.41) is 9.24. The molecular weight excluding hydrogens is 289 g/mol. The van der Waals surface area contributed by atoms with Gasteiger partial charge >= 0.3 is 6.18 Å². The van der Waals surface area contributed by atoms with Crippen molar-refractivity contribution in [3.8, 4) is 5.75 Å². The molecule has 0 aliphatic carbocycles. The lowest BCUT2D eigenvalue weighted by atomic mass is 10.1. The van der Waals surface area contributed by atoms with Crippen LogP contribution >= 0.6 is 11.3 Å². The van der Waals surface area contributed by atoms with Crippen molar-refractivity contribution in [3.05, 3.63) is 51.7 Å². The molecule has 2 aromatic rings. The summed E-state index contributed by atoms with van der Waals surface area (Å²) in [6.45, 7) is 0.226. The minimum absolute atomic E-state index is 0.0589. The highest BCUT2D eigenvalue weighted by Crippen LogP contribution is 2.32. The molecule has 0 fully saturated rings. The predicted octanol–water partition coefficient (Wildman–Crippen LogP) is 3.63. The first-order valence-corrected chi connectivity index (χ1v) is 6.46. The summed E-state index contributed by atoms with van der Waals surface area (Å²) in [6.07, 6.45) is -4.48. The second-order valence-electron chi connectivity index (χ2n) is 3.99. The molecule has 1 aromatic carbocycles. The summed E-state index contributed by atoms with van der Waals surface area (Å²) in [5.74, 6) is -0.295. The SMILES string of the molecule is N=C(N)c1cc(C(F)(F)F)ccc1OCc1cccs1. The molecule has 106 valence electrons. The van der Waals surface area contributed by atoms with Gasteiger partial charge in [-0.15, -0.1) is 11.3 Å². The minimum Gasteiger partial charge on any atom is -0.487 e. The Hall–Kier alpha value is -2.02. The molecule has 3 N–H and O–H groups in total. The number of hydrogen-bond acceptors (Lipinski definition) is 3. The topological polar surface area (TPSA) is 59.1 Å². The number of nitrogens with two attached hydrogens (primary N) is 1. The highest BCUT2D eigenvalue weighted by atomic mass is 32.1. The second-order valence-corrected chi connectivity index (χ2v) is 5.02. The van der Waals surface area contributed by atoms with Crippen LogP contribution in [0, 0.1) is 5.41 Å². The lowest BCUT2D eigenvalue weighted by Crippen LogP contribution is -2.15. The molecule has 2 rings (SSSR count). The third kappa shape index (κ3) is 3.30. The average molecular weight is 300 g/mol. The van der Waals surface area contributed by atoms with E-state index in [0.717, 1.165) is 17.0 Å². The first-order chi connectivity index (χ1) is 9.38. The molecule has 0 unspecified atom stereocenters. The highest BCUT2D eigenvalue weighted by molar-refractivity contribution is 7.09. The summed E-state index contributed by atoms with van der Waals surface area (Å²) >= 11 is 1.47. The molecule has 20 heavy (non-hydrogen) atoms. The van der Waals surface area contributed by atoms with E-state index in [2.05, 4.69) is 0 Å². The largest absolute Gasteiger partial charge is 0.487 e. The van der Waals surface area contributed by atoms with Crippen molar-refractivity contribution in [1.82, 2.24) is 0 Å². The van der Waals surface area contributed by atoms with Crippen molar-refractivity contribution >= 4 is 17.2 Å². The van der Waals surface area contributed by atoms with E-state index in [1.165, 1.54) is 17.4 Å². The molecule has 1 heterocycles. The van der Waals surface area contributed by atoms with Crippen LogP contribution in [0.5, 0.6) is 5.75 Å². The third-order valence-electron chi connectivity index (χ3n) is 2.55. The Balaban J connectivity index is 2.26. The van der Waals surface area contributed by atoms with Gasteiger partial charge in [-0.05, 0) is 29.6 Å². The van der Waals surface area contributed by atoms with Gasteiger partial charge in [0.1, 0.15) is 18.2 Å². The molecule has 3 nitrogen and oxygen atoms in total. The van der Waals surface area contributed by atoms with Crippen LogP contribution in [0.4, 0.5) is 13.2 Å². The van der Waals surface area contributed by atoms with Gasteiger partial charge in [0.25, 0.3) is 0 Å². The first-order valence-electron chi connectivity index (χ1n) is 5.59. The van der Waals surface area contributed by atoms with Crippen molar-refractivity contribution < 1.29 is 17.9 Å². The molecule has 0 aliphatic heterocycles. The van der Waals surface area contributed by atoms with Gasteiger partial charge in [0.05, 0.1) is 11.1 Å². The predicted molar refractivity (Wildman–Crippen MR) is 71.1 cm³/mol. The number of amidine groups is 1. The molecule has 0 atom stereocenters. The Bertz CT molecular complexity index is 609. The molecule has 0 amide bonds. The second kappa shape index (κ2) is 5.54. The number of hydrogen-bond donors (Lipinski definition) is 2. The fraction of sp³-hybridized carbons (Fsp3) is 0.154. The summed E-state index contributed by atoms with van der Waals surface area (Å²) in [6, 6.07) is 6.62. The van der Waals surface area contributed by atoms with E-state index < -0.39 is 17.6 Å². The third-order valence-corrected chi connectivity index (χ3v) is 3.40. The fourth-order valence-electron chi connectivity index (χ4n) is 1.59. The van der Waals surface area contributed by atoms with Crippen molar-refractivity contribution in [2.24, 2.45) is 5.73 Å². The Labute approximate surface area is 117 Å². The van der Waals surface area contributed by atoms with Crippen molar-refractivity contribution in [2.45, 2.75) is 12.8 Å². The molecule has 0 radical (unpaired) electrons. The zero-order valence-electron chi connectivity index (χ0n) is 10.2. The van der Waals surface area contributed by atoms with Crippen LogP contribution in [-0.4, -0.2) is 5.84 Å². The summed E-state index contributed by atoms with van der Waals surface area (Å²) in [7, 11) is 0. The first kappa shape index (κ1) is 14.4. The van der Waals surface area contributed by atoms with Gasteiger partial charge in [-0.3, -0.25) is 5.41 Å². The number of ether oxygens (including phenoxy) is 1. The van der Waals surface area contributed by atoms with Crippen LogP contribution in [0.3, 0.4) is 0 Å². The van der Waals surface area contributed by atoms with Gasteiger partial charge in [0.15, 0.2) is 0 Å². The zero-order valence-corrected chi connectivity index (χ0v) is 11.0. The van der Waals surface area contributed by atoms with E-state index >= 15 is 0 Å². The Morgan fingerprint density at radius 3 is 2.60 bits per heavy atom. The molecule has 0 saturated heterocycles. The summed E-state index contributed by atoms with van der Waals surface area (Å²) < 4.78 is 43.3. The molecule has 1 aromatic heterocycles. The maximum atomic E-state index is 12.6. The molecule has 0 bridgehead atoms. The van der Waals surface area contributed by atoms with Gasteiger partial charge in [0.2, 0.25) is 0 Å². The van der Waals surface area contributed by atoms with E-state index in [9.17, 15) is 13.2 Å². The van der Waals surface area contributed by atoms with Crippen LogP contribution < -0.4 is 10.5 Å². The van der Waals surface area contributed by atoms with E-state index in [1.54, 1.807) is 0 Å². The van der Waals surface area contributed by atoms with Crippen LogP contribution in [-0.2, 0) is 12.8 Å². The van der Waals surface area contributed by atoms with Crippen molar-refractivity contribution in [1.29, 1.82) is 5.41 Å². The smallest absolute Gasteiger partial charge is 0.416 e. The zero-order chi connectivity index (χ0) is 14.8. The molecule has 0 spiro atoms. The van der Waals surface area contributed by atoms with Gasteiger partial charge in [-0.1, -0.05) is 6.07 Å². The fourth-order valence-corrected chi connectivity index (χ4v) is 2.20. The number of nitrogen functional groups attached to an aromatic ring is 1. The molecule has 0 saturated carbocycles. The van der Waals surface area contributed by atoms with E-state index in [4.69, 9.17) is 15.9 Å². The number of nitrogens with one attached hydrogen (secondary N) is 1. The maximum absolute atomic E-state index is 12.6. The minimum atomic E-state index is -4.48. The molecule has 0 aliphatic rings. The van der Waals surface area contributed by atoms with Gasteiger partial charge in [0, 0.05) is 4.88 Å². The number of rotatable bonds is 4. The van der Waals surface area contributed by atoms with E-state index in [1.807, 2.05) is 17.5 Å². The van der Waals surface area contributed by atoms with Gasteiger partial charge in [-0.25, -0.2) is 0 Å². The number of benzene rings is 1. The van der Waals surface area contributed by atoms with Crippen LogP contribution in [0.15, 0.2) is 35.7 Å². The summed E-state index contributed by atoms with van der Waals surface area (Å²) in [4.78, 5) is 0.930. The lowest BCUT2D eigenvalue weighted by molar-refractivity contribution is -0.137. The molecule has 7 heteroatoms. The standard InChI is InChI=1S/C13H11F3N2OS/c14-13(15,16)8-3-4-11(10(6-8)12(17)18)19-7-9-2-1-5-20-9/h1-6H,7H2,(H3,17,18). The van der Waals surface area contributed by atoms with Gasteiger partial charge in [-0.2, -0.15) is 13.2 Å². The monoisotopic (exact) mass is 300 g/mol. The quantitative estimate of drug-likeness (QED) is 0.669. The van der Waals surface area contributed by atoms with Crippen molar-refractivity contribution in [3.63, 3.8) is 0 Å². The van der Waals surface area contributed by atoms with Crippen LogP contribution in [0.2, 0.25) is 0 Å². The lowest BCUT2D eigenvalue weighted by Gasteiger charge is -2.13.